The fourth-order valence-corrected chi connectivity index (χ4v) is 3.96. The van der Waals surface area contributed by atoms with Gasteiger partial charge in [0.05, 0.1) is 0 Å². The molecule has 0 spiro atoms. The van der Waals surface area contributed by atoms with Crippen molar-refractivity contribution in [1.82, 2.24) is 10.2 Å². The van der Waals surface area contributed by atoms with Crippen LogP contribution in [0.15, 0.2) is 30.3 Å². The summed E-state index contributed by atoms with van der Waals surface area (Å²) in [7, 11) is 0. The van der Waals surface area contributed by atoms with Crippen LogP contribution in [0.5, 0.6) is 0 Å². The van der Waals surface area contributed by atoms with Crippen molar-refractivity contribution in [2.24, 2.45) is 5.92 Å². The number of rotatable bonds is 14. The van der Waals surface area contributed by atoms with Crippen LogP contribution in [0, 0.1) is 5.92 Å². The summed E-state index contributed by atoms with van der Waals surface area (Å²) in [6.07, 6.45) is 8.24. The van der Waals surface area contributed by atoms with Crippen molar-refractivity contribution < 1.29 is 0 Å². The summed E-state index contributed by atoms with van der Waals surface area (Å²) in [5, 5.41) is 3.74. The van der Waals surface area contributed by atoms with Crippen LogP contribution in [0.1, 0.15) is 91.7 Å². The molecule has 1 aromatic carbocycles. The Morgan fingerprint density at radius 1 is 0.769 bits per heavy atom. The first-order valence-electron chi connectivity index (χ1n) is 11.0. The molecule has 1 rings (SSSR count). The number of nitrogens with one attached hydrogen (secondary N) is 1. The second kappa shape index (κ2) is 13.3. The summed E-state index contributed by atoms with van der Waals surface area (Å²) < 4.78 is 0. The molecule has 1 aromatic rings. The largest absolute Gasteiger partial charge is 0.315 e. The van der Waals surface area contributed by atoms with Crippen molar-refractivity contribution in [1.29, 1.82) is 0 Å². The molecule has 1 unspecified atom stereocenters. The number of nitrogens with zero attached hydrogens (tertiary/aromatic N) is 1. The first kappa shape index (κ1) is 23.2. The molecule has 0 saturated carbocycles. The van der Waals surface area contributed by atoms with Crippen molar-refractivity contribution in [3.05, 3.63) is 35.9 Å². The van der Waals surface area contributed by atoms with Crippen molar-refractivity contribution in [3.63, 3.8) is 0 Å². The summed E-state index contributed by atoms with van der Waals surface area (Å²) in [5.41, 5.74) is 1.43. The van der Waals surface area contributed by atoms with Gasteiger partial charge in [0, 0.05) is 24.7 Å². The third-order valence-electron chi connectivity index (χ3n) is 5.21. The Morgan fingerprint density at radius 3 is 1.92 bits per heavy atom. The molecule has 1 N–H and O–H groups in total. The Labute approximate surface area is 163 Å². The van der Waals surface area contributed by atoms with E-state index in [2.05, 4.69) is 82.1 Å². The zero-order chi connectivity index (χ0) is 19.4. The van der Waals surface area contributed by atoms with Crippen molar-refractivity contribution >= 4 is 0 Å². The molecule has 150 valence electrons. The van der Waals surface area contributed by atoms with Gasteiger partial charge >= 0.3 is 0 Å². The van der Waals surface area contributed by atoms with Crippen LogP contribution < -0.4 is 5.32 Å². The van der Waals surface area contributed by atoms with Gasteiger partial charge in [-0.05, 0) is 52.1 Å². The van der Waals surface area contributed by atoms with Crippen LogP contribution in [0.25, 0.3) is 0 Å². The molecule has 0 radical (unpaired) electrons. The molecule has 0 saturated heterocycles. The minimum Gasteiger partial charge on any atom is -0.315 e. The molecule has 26 heavy (non-hydrogen) atoms. The Hall–Kier alpha value is -0.860. The van der Waals surface area contributed by atoms with E-state index in [9.17, 15) is 0 Å². The third kappa shape index (κ3) is 9.19. The second-order valence-corrected chi connectivity index (χ2v) is 8.72. The predicted molar refractivity (Wildman–Crippen MR) is 117 cm³/mol. The standard InChI is InChI=1S/C24H44N2/c1-20(2)15-11-8-7-9-14-18-25-19-24(23-16-12-10-13-17-23)26(21(3)4)22(5)6/h10,12-13,16-17,20-22,24-25H,7-9,11,14-15,18-19H2,1-6H3. The lowest BCUT2D eigenvalue weighted by Gasteiger charge is -2.38. The first-order chi connectivity index (χ1) is 12.4. The third-order valence-corrected chi connectivity index (χ3v) is 5.21. The molecule has 2 heteroatoms. The van der Waals surface area contributed by atoms with E-state index < -0.39 is 0 Å². The number of hydrogen-bond donors (Lipinski definition) is 1. The van der Waals surface area contributed by atoms with Gasteiger partial charge < -0.3 is 5.32 Å². The molecule has 0 aliphatic rings. The number of hydrogen-bond acceptors (Lipinski definition) is 2. The lowest BCUT2D eigenvalue weighted by atomic mass is 10.0. The van der Waals surface area contributed by atoms with Gasteiger partial charge in [-0.15, -0.1) is 0 Å². The first-order valence-corrected chi connectivity index (χ1v) is 11.0. The number of unbranched alkanes of at least 4 members (excludes halogenated alkanes) is 4. The highest BCUT2D eigenvalue weighted by Crippen LogP contribution is 2.25. The molecule has 2 nitrogen and oxygen atoms in total. The van der Waals surface area contributed by atoms with E-state index in [0.717, 1.165) is 19.0 Å². The molecular formula is C24H44N2. The SMILES string of the molecule is CC(C)CCCCCCCNCC(c1ccccc1)N(C(C)C)C(C)C. The smallest absolute Gasteiger partial charge is 0.0478 e. The Kier molecular flexibility index (Phi) is 11.9. The fraction of sp³-hybridized carbons (Fsp3) is 0.750. The van der Waals surface area contributed by atoms with Gasteiger partial charge in [-0.25, -0.2) is 0 Å². The Bertz CT molecular complexity index is 431. The Balaban J connectivity index is 2.40. The van der Waals surface area contributed by atoms with Crippen LogP contribution in [0.4, 0.5) is 0 Å². The van der Waals surface area contributed by atoms with Crippen LogP contribution in [0.3, 0.4) is 0 Å². The summed E-state index contributed by atoms with van der Waals surface area (Å²) in [6, 6.07) is 12.5. The van der Waals surface area contributed by atoms with E-state index in [1.54, 1.807) is 0 Å². The maximum absolute atomic E-state index is 3.74. The molecule has 0 heterocycles. The highest BCUT2D eigenvalue weighted by molar-refractivity contribution is 5.20. The highest BCUT2D eigenvalue weighted by atomic mass is 15.2. The van der Waals surface area contributed by atoms with E-state index in [0.29, 0.717) is 18.1 Å². The predicted octanol–water partition coefficient (Wildman–Crippen LogP) is 6.43. The molecule has 0 bridgehead atoms. The summed E-state index contributed by atoms with van der Waals surface area (Å²) >= 11 is 0. The molecule has 0 fully saturated rings. The summed E-state index contributed by atoms with van der Waals surface area (Å²) in [4.78, 5) is 2.63. The van der Waals surface area contributed by atoms with E-state index in [-0.39, 0.29) is 0 Å². The zero-order valence-electron chi connectivity index (χ0n) is 18.3. The monoisotopic (exact) mass is 360 g/mol. The van der Waals surface area contributed by atoms with Gasteiger partial charge in [-0.3, -0.25) is 4.90 Å². The second-order valence-electron chi connectivity index (χ2n) is 8.72. The van der Waals surface area contributed by atoms with Crippen molar-refractivity contribution in [3.8, 4) is 0 Å². The van der Waals surface area contributed by atoms with Gasteiger partial charge in [0.25, 0.3) is 0 Å². The van der Waals surface area contributed by atoms with E-state index in [1.165, 1.54) is 44.1 Å². The molecule has 0 aliphatic heterocycles. The van der Waals surface area contributed by atoms with Gasteiger partial charge in [0.2, 0.25) is 0 Å². The lowest BCUT2D eigenvalue weighted by Crippen LogP contribution is -2.44. The average Bonchev–Trinajstić information content (AvgIpc) is 2.59. The van der Waals surface area contributed by atoms with E-state index >= 15 is 0 Å². The quantitative estimate of drug-likeness (QED) is 0.384. The van der Waals surface area contributed by atoms with Crippen LogP contribution in [0.2, 0.25) is 0 Å². The zero-order valence-corrected chi connectivity index (χ0v) is 18.3. The molecule has 0 aromatic heterocycles. The molecule has 0 aliphatic carbocycles. The molecule has 0 amide bonds. The lowest BCUT2D eigenvalue weighted by molar-refractivity contribution is 0.110. The maximum atomic E-state index is 3.74. The summed E-state index contributed by atoms with van der Waals surface area (Å²) in [6.45, 7) is 16.1. The average molecular weight is 361 g/mol. The highest BCUT2D eigenvalue weighted by Gasteiger charge is 2.24. The Morgan fingerprint density at radius 2 is 1.35 bits per heavy atom. The van der Waals surface area contributed by atoms with Crippen LogP contribution >= 0.6 is 0 Å². The van der Waals surface area contributed by atoms with Gasteiger partial charge in [-0.2, -0.15) is 0 Å². The van der Waals surface area contributed by atoms with Gasteiger partial charge in [0.15, 0.2) is 0 Å². The van der Waals surface area contributed by atoms with Gasteiger partial charge in [-0.1, -0.05) is 76.3 Å². The minimum atomic E-state index is 0.447. The minimum absolute atomic E-state index is 0.447. The molecule has 1 atom stereocenters. The van der Waals surface area contributed by atoms with Crippen LogP contribution in [-0.4, -0.2) is 30.1 Å². The summed E-state index contributed by atoms with van der Waals surface area (Å²) in [5.74, 6) is 0.858. The number of benzene rings is 1. The van der Waals surface area contributed by atoms with Crippen molar-refractivity contribution in [2.75, 3.05) is 13.1 Å². The fourth-order valence-electron chi connectivity index (χ4n) is 3.96. The van der Waals surface area contributed by atoms with E-state index in [1.807, 2.05) is 0 Å². The molecular weight excluding hydrogens is 316 g/mol. The van der Waals surface area contributed by atoms with Gasteiger partial charge in [0.1, 0.15) is 0 Å². The van der Waals surface area contributed by atoms with Crippen molar-refractivity contribution in [2.45, 2.75) is 98.2 Å². The topological polar surface area (TPSA) is 15.3 Å². The normalized spacial score (nSPS) is 13.3. The van der Waals surface area contributed by atoms with Crippen LogP contribution in [-0.2, 0) is 0 Å². The van der Waals surface area contributed by atoms with E-state index in [4.69, 9.17) is 0 Å². The maximum Gasteiger partial charge on any atom is 0.0478 e.